The van der Waals surface area contributed by atoms with Gasteiger partial charge in [0.15, 0.2) is 11.6 Å². The molecule has 1 aliphatic heterocycles. The predicted molar refractivity (Wildman–Crippen MR) is 75.7 cm³/mol. The first-order valence-electron chi connectivity index (χ1n) is 6.51. The molecule has 3 nitrogen and oxygen atoms in total. The first kappa shape index (κ1) is 12.6. The Hall–Kier alpha value is -2.42. The molecule has 3 rings (SSSR count). The summed E-state index contributed by atoms with van der Waals surface area (Å²) in [5.41, 5.74) is 2.85. The van der Waals surface area contributed by atoms with Gasteiger partial charge in [0.25, 0.3) is 0 Å². The molecule has 0 aliphatic carbocycles. The van der Waals surface area contributed by atoms with Crippen molar-refractivity contribution in [2.24, 2.45) is 0 Å². The van der Waals surface area contributed by atoms with Crippen LogP contribution >= 0.6 is 0 Å². The average Bonchev–Trinajstić information content (AvgIpc) is 2.36. The molecular formula is C17H14O3. The Bertz CT molecular complexity index is 729. The highest BCUT2D eigenvalue weighted by Crippen LogP contribution is 2.34. The topological polar surface area (TPSA) is 43.4 Å². The fourth-order valence-electron chi connectivity index (χ4n) is 2.60. The molecule has 1 heterocycles. The third-order valence-electron chi connectivity index (χ3n) is 3.45. The second-order valence-corrected chi connectivity index (χ2v) is 5.08. The highest BCUT2D eigenvalue weighted by molar-refractivity contribution is 6.16. The second-order valence-electron chi connectivity index (χ2n) is 5.08. The summed E-state index contributed by atoms with van der Waals surface area (Å²) in [4.78, 5) is 24.5. The van der Waals surface area contributed by atoms with E-state index in [1.54, 1.807) is 18.2 Å². The van der Waals surface area contributed by atoms with Crippen LogP contribution in [-0.2, 0) is 0 Å². The Morgan fingerprint density at radius 2 is 1.70 bits per heavy atom. The van der Waals surface area contributed by atoms with E-state index in [0.717, 1.165) is 11.1 Å². The standard InChI is InChI=1S/C17H14O3/c1-10-7-11(2)17-14(19)9-13(18)12-5-3-4-6-15(12)20-16(17)8-10/h3-8H,9H2,1-2H3. The van der Waals surface area contributed by atoms with E-state index in [4.69, 9.17) is 4.74 Å². The molecule has 0 fully saturated rings. The number of ether oxygens (including phenoxy) is 1. The van der Waals surface area contributed by atoms with Gasteiger partial charge >= 0.3 is 0 Å². The molecule has 1 aliphatic rings. The number of carbonyl (C=O) groups is 2. The van der Waals surface area contributed by atoms with Crippen LogP contribution < -0.4 is 4.74 Å². The summed E-state index contributed by atoms with van der Waals surface area (Å²) in [6.45, 7) is 3.82. The number of ketones is 2. The van der Waals surface area contributed by atoms with E-state index in [0.29, 0.717) is 22.6 Å². The van der Waals surface area contributed by atoms with Crippen molar-refractivity contribution in [3.63, 3.8) is 0 Å². The van der Waals surface area contributed by atoms with Gasteiger partial charge in [0.05, 0.1) is 17.5 Å². The van der Waals surface area contributed by atoms with Crippen LogP contribution in [-0.4, -0.2) is 11.6 Å². The summed E-state index contributed by atoms with van der Waals surface area (Å²) in [6, 6.07) is 10.8. The van der Waals surface area contributed by atoms with Crippen molar-refractivity contribution in [1.82, 2.24) is 0 Å². The number of hydrogen-bond donors (Lipinski definition) is 0. The van der Waals surface area contributed by atoms with Crippen LogP contribution in [0.15, 0.2) is 36.4 Å². The number of aryl methyl sites for hydroxylation is 2. The van der Waals surface area contributed by atoms with Crippen LogP contribution in [0, 0.1) is 13.8 Å². The van der Waals surface area contributed by atoms with Crippen molar-refractivity contribution in [1.29, 1.82) is 0 Å². The van der Waals surface area contributed by atoms with Crippen molar-refractivity contribution in [3.05, 3.63) is 58.7 Å². The molecule has 0 atom stereocenters. The van der Waals surface area contributed by atoms with Gasteiger partial charge in [-0.15, -0.1) is 0 Å². The quantitative estimate of drug-likeness (QED) is 0.680. The molecule has 0 saturated carbocycles. The van der Waals surface area contributed by atoms with E-state index in [1.807, 2.05) is 32.0 Å². The fourth-order valence-corrected chi connectivity index (χ4v) is 2.60. The third kappa shape index (κ3) is 2.01. The number of fused-ring (bicyclic) bond motifs is 2. The highest BCUT2D eigenvalue weighted by Gasteiger charge is 2.25. The van der Waals surface area contributed by atoms with Gasteiger partial charge in [0.2, 0.25) is 0 Å². The number of benzene rings is 2. The largest absolute Gasteiger partial charge is 0.456 e. The van der Waals surface area contributed by atoms with Gasteiger partial charge in [0, 0.05) is 0 Å². The van der Waals surface area contributed by atoms with Crippen LogP contribution in [0.3, 0.4) is 0 Å². The van der Waals surface area contributed by atoms with E-state index in [1.165, 1.54) is 0 Å². The van der Waals surface area contributed by atoms with Crippen molar-refractivity contribution < 1.29 is 14.3 Å². The number of rotatable bonds is 0. The lowest BCUT2D eigenvalue weighted by atomic mass is 9.94. The summed E-state index contributed by atoms with van der Waals surface area (Å²) in [5.74, 6) is 0.664. The van der Waals surface area contributed by atoms with Crippen molar-refractivity contribution >= 4 is 11.6 Å². The molecule has 0 saturated heterocycles. The summed E-state index contributed by atoms with van der Waals surface area (Å²) >= 11 is 0. The number of Topliss-reactive ketones (excluding diaryl/α,β-unsaturated/α-hetero) is 2. The van der Waals surface area contributed by atoms with Gasteiger partial charge in [-0.3, -0.25) is 9.59 Å². The van der Waals surface area contributed by atoms with E-state index >= 15 is 0 Å². The van der Waals surface area contributed by atoms with Gasteiger partial charge < -0.3 is 4.74 Å². The van der Waals surface area contributed by atoms with Gasteiger partial charge in [-0.25, -0.2) is 0 Å². The Morgan fingerprint density at radius 3 is 2.50 bits per heavy atom. The fraction of sp³-hybridized carbons (Fsp3) is 0.176. The van der Waals surface area contributed by atoms with E-state index in [-0.39, 0.29) is 18.0 Å². The SMILES string of the molecule is Cc1cc(C)c2c(c1)Oc1ccccc1C(=O)CC2=O. The monoisotopic (exact) mass is 266 g/mol. The van der Waals surface area contributed by atoms with Crippen molar-refractivity contribution in [2.75, 3.05) is 0 Å². The lowest BCUT2D eigenvalue weighted by Gasteiger charge is -2.18. The third-order valence-corrected chi connectivity index (χ3v) is 3.45. The number of carbonyl (C=O) groups excluding carboxylic acids is 2. The molecule has 100 valence electrons. The van der Waals surface area contributed by atoms with Crippen LogP contribution in [0.2, 0.25) is 0 Å². The Labute approximate surface area is 117 Å². The van der Waals surface area contributed by atoms with Crippen LogP contribution in [0.1, 0.15) is 38.3 Å². The zero-order chi connectivity index (χ0) is 14.3. The normalized spacial score (nSPS) is 13.9. The molecule has 0 bridgehead atoms. The van der Waals surface area contributed by atoms with Gasteiger partial charge in [-0.05, 0) is 43.2 Å². The summed E-state index contributed by atoms with van der Waals surface area (Å²) < 4.78 is 5.84. The maximum absolute atomic E-state index is 12.3. The minimum absolute atomic E-state index is 0.114. The van der Waals surface area contributed by atoms with Crippen LogP contribution in [0.5, 0.6) is 11.5 Å². The average molecular weight is 266 g/mol. The Kier molecular flexibility index (Phi) is 2.90. The Morgan fingerprint density at radius 1 is 0.950 bits per heavy atom. The summed E-state index contributed by atoms with van der Waals surface area (Å²) in [5, 5.41) is 0. The maximum atomic E-state index is 12.3. The first-order chi connectivity index (χ1) is 9.56. The first-order valence-corrected chi connectivity index (χ1v) is 6.51. The van der Waals surface area contributed by atoms with E-state index < -0.39 is 0 Å². The highest BCUT2D eigenvalue weighted by atomic mass is 16.5. The molecule has 20 heavy (non-hydrogen) atoms. The van der Waals surface area contributed by atoms with Gasteiger partial charge in [0.1, 0.15) is 11.5 Å². The molecule has 0 spiro atoms. The molecule has 3 heteroatoms. The predicted octanol–water partition coefficient (Wildman–Crippen LogP) is 3.86. The van der Waals surface area contributed by atoms with E-state index in [9.17, 15) is 9.59 Å². The smallest absolute Gasteiger partial charge is 0.174 e. The zero-order valence-electron chi connectivity index (χ0n) is 11.4. The minimum atomic E-state index is -0.198. The van der Waals surface area contributed by atoms with E-state index in [2.05, 4.69) is 0 Å². The molecule has 0 radical (unpaired) electrons. The number of para-hydroxylation sites is 1. The molecule has 0 unspecified atom stereocenters. The van der Waals surface area contributed by atoms with Gasteiger partial charge in [-0.1, -0.05) is 18.2 Å². The van der Waals surface area contributed by atoms with Crippen molar-refractivity contribution in [3.8, 4) is 11.5 Å². The minimum Gasteiger partial charge on any atom is -0.456 e. The summed E-state index contributed by atoms with van der Waals surface area (Å²) in [6.07, 6.45) is -0.114. The lowest BCUT2D eigenvalue weighted by Crippen LogP contribution is -2.15. The molecule has 2 aromatic carbocycles. The summed E-state index contributed by atoms with van der Waals surface area (Å²) in [7, 11) is 0. The maximum Gasteiger partial charge on any atom is 0.174 e. The Balaban J connectivity index is 2.24. The molecule has 0 amide bonds. The molecule has 0 aromatic heterocycles. The molecular weight excluding hydrogens is 252 g/mol. The lowest BCUT2D eigenvalue weighted by molar-refractivity contribution is 0.0888. The zero-order valence-corrected chi connectivity index (χ0v) is 11.4. The second kappa shape index (κ2) is 4.60. The van der Waals surface area contributed by atoms with Crippen molar-refractivity contribution in [2.45, 2.75) is 20.3 Å². The molecule has 0 N–H and O–H groups in total. The molecule has 2 aromatic rings. The van der Waals surface area contributed by atoms with Gasteiger partial charge in [-0.2, -0.15) is 0 Å². The van der Waals surface area contributed by atoms with Crippen LogP contribution in [0.25, 0.3) is 0 Å². The number of hydrogen-bond acceptors (Lipinski definition) is 3. The van der Waals surface area contributed by atoms with Crippen LogP contribution in [0.4, 0.5) is 0 Å².